The number of nitrogens with one attached hydrogen (secondary N) is 1. The number of methoxy groups -OCH3 is 1. The van der Waals surface area contributed by atoms with Gasteiger partial charge in [0.1, 0.15) is 0 Å². The maximum atomic E-state index is 11.5. The average Bonchev–Trinajstić information content (AvgIpc) is 2.34. The molecule has 0 fully saturated rings. The summed E-state index contributed by atoms with van der Waals surface area (Å²) in [5, 5.41) is 2.70. The largest absolute Gasteiger partial charge is 0.449 e. The Kier molecular flexibility index (Phi) is 5.83. The zero-order valence-electron chi connectivity index (χ0n) is 12.2. The molecule has 1 amide bonds. The number of carbonyl (C=O) groups is 1. The Morgan fingerprint density at radius 2 is 1.79 bits per heavy atom. The van der Waals surface area contributed by atoms with Crippen molar-refractivity contribution >= 4 is 11.8 Å². The summed E-state index contributed by atoms with van der Waals surface area (Å²) in [7, 11) is 1.62. The molecule has 0 aliphatic heterocycles. The second kappa shape index (κ2) is 7.14. The van der Waals surface area contributed by atoms with Gasteiger partial charge in [-0.1, -0.05) is 32.9 Å². The van der Waals surface area contributed by atoms with E-state index in [0.29, 0.717) is 19.6 Å². The number of anilines is 1. The molecule has 0 aromatic heterocycles. The van der Waals surface area contributed by atoms with Gasteiger partial charge in [0.2, 0.25) is 0 Å². The van der Waals surface area contributed by atoms with Crippen LogP contribution in [0.5, 0.6) is 0 Å². The van der Waals surface area contributed by atoms with Gasteiger partial charge in [-0.25, -0.2) is 4.79 Å². The third kappa shape index (κ3) is 5.75. The van der Waals surface area contributed by atoms with Gasteiger partial charge in [0.05, 0.1) is 6.61 Å². The monoisotopic (exact) mass is 265 g/mol. The highest BCUT2D eigenvalue weighted by Crippen LogP contribution is 2.23. The molecule has 0 bridgehead atoms. The fraction of sp³-hybridized carbons (Fsp3) is 0.533. The van der Waals surface area contributed by atoms with Crippen LogP contribution in [0.25, 0.3) is 0 Å². The summed E-state index contributed by atoms with van der Waals surface area (Å²) >= 11 is 0. The van der Waals surface area contributed by atoms with E-state index >= 15 is 0 Å². The molecule has 19 heavy (non-hydrogen) atoms. The number of rotatable bonds is 5. The van der Waals surface area contributed by atoms with Gasteiger partial charge in [-0.15, -0.1) is 0 Å². The highest BCUT2D eigenvalue weighted by atomic mass is 16.5. The van der Waals surface area contributed by atoms with Crippen LogP contribution < -0.4 is 5.32 Å². The highest BCUT2D eigenvalue weighted by Gasteiger charge is 2.13. The van der Waals surface area contributed by atoms with Crippen molar-refractivity contribution in [3.8, 4) is 0 Å². The van der Waals surface area contributed by atoms with Crippen molar-refractivity contribution < 1.29 is 14.3 Å². The minimum Gasteiger partial charge on any atom is -0.449 e. The van der Waals surface area contributed by atoms with Crippen LogP contribution in [0.15, 0.2) is 24.3 Å². The first-order valence-corrected chi connectivity index (χ1v) is 6.47. The number of ether oxygens (including phenoxy) is 2. The van der Waals surface area contributed by atoms with Gasteiger partial charge in [-0.05, 0) is 23.1 Å². The summed E-state index contributed by atoms with van der Waals surface area (Å²) in [6.45, 7) is 7.41. The molecule has 4 heteroatoms. The highest BCUT2D eigenvalue weighted by molar-refractivity contribution is 5.84. The maximum Gasteiger partial charge on any atom is 0.411 e. The lowest BCUT2D eigenvalue weighted by Crippen LogP contribution is -2.15. The van der Waals surface area contributed by atoms with Crippen LogP contribution in [-0.2, 0) is 14.9 Å². The number of benzene rings is 1. The van der Waals surface area contributed by atoms with Crippen molar-refractivity contribution in [3.63, 3.8) is 0 Å². The number of amides is 1. The van der Waals surface area contributed by atoms with E-state index in [1.165, 1.54) is 5.56 Å². The lowest BCUT2D eigenvalue weighted by Gasteiger charge is -2.19. The lowest BCUT2D eigenvalue weighted by atomic mass is 9.87. The minimum absolute atomic E-state index is 0.110. The Labute approximate surface area is 115 Å². The quantitative estimate of drug-likeness (QED) is 0.828. The van der Waals surface area contributed by atoms with Crippen LogP contribution in [-0.4, -0.2) is 26.4 Å². The van der Waals surface area contributed by atoms with Crippen molar-refractivity contribution in [2.75, 3.05) is 25.6 Å². The van der Waals surface area contributed by atoms with Crippen LogP contribution in [0, 0.1) is 0 Å². The van der Waals surface area contributed by atoms with E-state index < -0.39 is 6.09 Å². The lowest BCUT2D eigenvalue weighted by molar-refractivity contribution is 0.134. The fourth-order valence-electron chi connectivity index (χ4n) is 1.58. The average molecular weight is 265 g/mol. The van der Waals surface area contributed by atoms with Crippen LogP contribution >= 0.6 is 0 Å². The third-order valence-corrected chi connectivity index (χ3v) is 2.72. The molecule has 0 heterocycles. The Morgan fingerprint density at radius 1 is 1.16 bits per heavy atom. The molecule has 4 nitrogen and oxygen atoms in total. The molecule has 0 saturated heterocycles. The molecular formula is C15H23NO3. The number of hydrogen-bond acceptors (Lipinski definition) is 3. The second-order valence-corrected chi connectivity index (χ2v) is 5.43. The summed E-state index contributed by atoms with van der Waals surface area (Å²) in [5.74, 6) is 0. The van der Waals surface area contributed by atoms with Crippen LogP contribution in [0.1, 0.15) is 32.8 Å². The summed E-state index contributed by atoms with van der Waals surface area (Å²) in [4.78, 5) is 11.5. The van der Waals surface area contributed by atoms with E-state index in [-0.39, 0.29) is 5.41 Å². The molecule has 0 saturated carbocycles. The summed E-state index contributed by atoms with van der Waals surface area (Å²) in [6.07, 6.45) is 0.270. The maximum absolute atomic E-state index is 11.5. The van der Waals surface area contributed by atoms with Gasteiger partial charge >= 0.3 is 6.09 Å². The van der Waals surface area contributed by atoms with Crippen LogP contribution in [0.3, 0.4) is 0 Å². The van der Waals surface area contributed by atoms with Crippen molar-refractivity contribution in [3.05, 3.63) is 29.8 Å². The summed E-state index contributed by atoms with van der Waals surface area (Å²) in [5.41, 5.74) is 2.08. The van der Waals surface area contributed by atoms with Crippen LogP contribution in [0.4, 0.5) is 10.5 Å². The first-order chi connectivity index (χ1) is 8.93. The van der Waals surface area contributed by atoms with Crippen molar-refractivity contribution in [1.29, 1.82) is 0 Å². The SMILES string of the molecule is COCCCOC(=O)Nc1ccc(C(C)(C)C)cc1. The molecular weight excluding hydrogens is 242 g/mol. The molecule has 0 aliphatic rings. The predicted molar refractivity (Wildman–Crippen MR) is 76.6 cm³/mol. The van der Waals surface area contributed by atoms with Crippen LogP contribution in [0.2, 0.25) is 0 Å². The van der Waals surface area contributed by atoms with Crippen molar-refractivity contribution in [1.82, 2.24) is 0 Å². The molecule has 0 spiro atoms. The summed E-state index contributed by atoms with van der Waals surface area (Å²) < 4.78 is 9.89. The Hall–Kier alpha value is -1.55. The van der Waals surface area contributed by atoms with Crippen molar-refractivity contribution in [2.24, 2.45) is 0 Å². The summed E-state index contributed by atoms with van der Waals surface area (Å²) in [6, 6.07) is 7.80. The first kappa shape index (κ1) is 15.5. The predicted octanol–water partition coefficient (Wildman–Crippen LogP) is 3.57. The fourth-order valence-corrected chi connectivity index (χ4v) is 1.58. The molecule has 0 radical (unpaired) electrons. The number of carbonyl (C=O) groups excluding carboxylic acids is 1. The van der Waals surface area contributed by atoms with Gasteiger partial charge in [-0.3, -0.25) is 5.32 Å². The second-order valence-electron chi connectivity index (χ2n) is 5.43. The topological polar surface area (TPSA) is 47.6 Å². The molecule has 0 unspecified atom stereocenters. The number of hydrogen-bond donors (Lipinski definition) is 1. The van der Waals surface area contributed by atoms with E-state index in [0.717, 1.165) is 5.69 Å². The molecule has 0 atom stereocenters. The van der Waals surface area contributed by atoms with E-state index in [1.807, 2.05) is 24.3 Å². The molecule has 0 aliphatic carbocycles. The van der Waals surface area contributed by atoms with E-state index in [1.54, 1.807) is 7.11 Å². The third-order valence-electron chi connectivity index (χ3n) is 2.72. The molecule has 1 aromatic rings. The van der Waals surface area contributed by atoms with E-state index in [4.69, 9.17) is 9.47 Å². The standard InChI is InChI=1S/C15H23NO3/c1-15(2,3)12-6-8-13(9-7-12)16-14(17)19-11-5-10-18-4/h6-9H,5,10-11H2,1-4H3,(H,16,17). The Bertz CT molecular complexity index is 393. The molecule has 1 aromatic carbocycles. The Morgan fingerprint density at radius 3 is 2.32 bits per heavy atom. The first-order valence-electron chi connectivity index (χ1n) is 6.47. The van der Waals surface area contributed by atoms with Gasteiger partial charge in [0.15, 0.2) is 0 Å². The van der Waals surface area contributed by atoms with Gasteiger partial charge in [0, 0.05) is 25.8 Å². The normalized spacial score (nSPS) is 11.2. The molecule has 1 N–H and O–H groups in total. The van der Waals surface area contributed by atoms with E-state index in [2.05, 4.69) is 26.1 Å². The van der Waals surface area contributed by atoms with E-state index in [9.17, 15) is 4.79 Å². The van der Waals surface area contributed by atoms with Gasteiger partial charge < -0.3 is 9.47 Å². The van der Waals surface area contributed by atoms with Gasteiger partial charge in [-0.2, -0.15) is 0 Å². The molecule has 106 valence electrons. The zero-order chi connectivity index (χ0) is 14.3. The van der Waals surface area contributed by atoms with Crippen molar-refractivity contribution in [2.45, 2.75) is 32.6 Å². The smallest absolute Gasteiger partial charge is 0.411 e. The van der Waals surface area contributed by atoms with Gasteiger partial charge in [0.25, 0.3) is 0 Å². The Balaban J connectivity index is 2.43. The molecule has 1 rings (SSSR count). The minimum atomic E-state index is -0.431. The zero-order valence-corrected chi connectivity index (χ0v) is 12.2.